The molecule has 0 aromatic heterocycles. The zero-order valence-electron chi connectivity index (χ0n) is 21.4. The molecule has 1 aliphatic carbocycles. The summed E-state index contributed by atoms with van der Waals surface area (Å²) < 4.78 is 0. The minimum atomic E-state index is -0.181. The number of para-hydroxylation sites is 1. The molecule has 2 aliphatic heterocycles. The molecule has 190 valence electrons. The third kappa shape index (κ3) is 4.52. The number of fused-ring (bicyclic) bond motifs is 3. The fraction of sp³-hybridized carbons (Fsp3) is 0.375. The standard InChI is InChI=1S/C32H35N3O2/c1-21-15-17-23(18-16-21)31(36)34-28-14-8-6-12-25(28)32(37)35-20-19-26-29(22-9-3-2-4-10-22)33-27-13-7-5-11-24(27)30(26)35/h2-5,7,9-11,13,15-18,25-26,28-30,33H,6,8,12,14,19-20H2,1H3,(H,34,36)/t25-,26-,28+,29-,30-/m0/s1. The first kappa shape index (κ1) is 23.8. The fourth-order valence-electron chi connectivity index (χ4n) is 6.73. The molecule has 3 aromatic carbocycles. The first-order valence-electron chi connectivity index (χ1n) is 13.7. The van der Waals surface area contributed by atoms with Crippen LogP contribution in [0.1, 0.15) is 71.2 Å². The van der Waals surface area contributed by atoms with Crippen molar-refractivity contribution in [1.29, 1.82) is 0 Å². The number of amides is 2. The Hall–Kier alpha value is -3.60. The Morgan fingerprint density at radius 2 is 1.59 bits per heavy atom. The van der Waals surface area contributed by atoms with Crippen LogP contribution in [0.5, 0.6) is 0 Å². The maximum absolute atomic E-state index is 14.2. The molecule has 0 radical (unpaired) electrons. The second-order valence-electron chi connectivity index (χ2n) is 10.9. The monoisotopic (exact) mass is 493 g/mol. The highest BCUT2D eigenvalue weighted by atomic mass is 16.2. The number of hydrogen-bond donors (Lipinski definition) is 2. The zero-order chi connectivity index (χ0) is 25.4. The van der Waals surface area contributed by atoms with E-state index in [0.29, 0.717) is 11.5 Å². The molecule has 2 heterocycles. The lowest BCUT2D eigenvalue weighted by atomic mass is 9.79. The number of aryl methyl sites for hydroxylation is 1. The molecule has 3 aliphatic rings. The van der Waals surface area contributed by atoms with Gasteiger partial charge in [-0.25, -0.2) is 0 Å². The summed E-state index contributed by atoms with van der Waals surface area (Å²) in [6.07, 6.45) is 4.70. The van der Waals surface area contributed by atoms with Gasteiger partial charge in [-0.2, -0.15) is 0 Å². The Morgan fingerprint density at radius 1 is 0.865 bits per heavy atom. The Labute approximate surface area is 219 Å². The second kappa shape index (κ2) is 10.0. The molecule has 5 nitrogen and oxygen atoms in total. The van der Waals surface area contributed by atoms with Gasteiger partial charge in [0.2, 0.25) is 5.91 Å². The Balaban J connectivity index is 1.27. The van der Waals surface area contributed by atoms with Gasteiger partial charge in [0.25, 0.3) is 5.91 Å². The predicted octanol–water partition coefficient (Wildman–Crippen LogP) is 6.04. The highest BCUT2D eigenvalue weighted by Crippen LogP contribution is 2.51. The van der Waals surface area contributed by atoms with E-state index in [9.17, 15) is 9.59 Å². The number of carbonyl (C=O) groups excluding carboxylic acids is 2. The van der Waals surface area contributed by atoms with E-state index < -0.39 is 0 Å². The van der Waals surface area contributed by atoms with E-state index in [2.05, 4.69) is 70.1 Å². The van der Waals surface area contributed by atoms with Crippen molar-refractivity contribution < 1.29 is 9.59 Å². The van der Waals surface area contributed by atoms with Crippen LogP contribution in [0.25, 0.3) is 0 Å². The van der Waals surface area contributed by atoms with E-state index in [1.54, 1.807) is 0 Å². The molecule has 0 bridgehead atoms. The third-order valence-corrected chi connectivity index (χ3v) is 8.62. The Bertz CT molecular complexity index is 1270. The van der Waals surface area contributed by atoms with E-state index in [-0.39, 0.29) is 35.9 Å². The van der Waals surface area contributed by atoms with Crippen molar-refractivity contribution in [1.82, 2.24) is 10.2 Å². The summed E-state index contributed by atoms with van der Waals surface area (Å²) in [5.41, 5.74) is 5.37. The molecule has 0 unspecified atom stereocenters. The molecule has 0 spiro atoms. The molecule has 2 fully saturated rings. The van der Waals surface area contributed by atoms with Gasteiger partial charge < -0.3 is 15.5 Å². The average molecular weight is 494 g/mol. The van der Waals surface area contributed by atoms with Gasteiger partial charge in [-0.15, -0.1) is 0 Å². The van der Waals surface area contributed by atoms with E-state index in [0.717, 1.165) is 49.9 Å². The maximum atomic E-state index is 14.2. The van der Waals surface area contributed by atoms with Gasteiger partial charge in [0.15, 0.2) is 0 Å². The highest BCUT2D eigenvalue weighted by Gasteiger charge is 2.48. The molecular weight excluding hydrogens is 458 g/mol. The average Bonchev–Trinajstić information content (AvgIpc) is 3.39. The van der Waals surface area contributed by atoms with Gasteiger partial charge in [-0.05, 0) is 55.5 Å². The number of benzene rings is 3. The number of carbonyl (C=O) groups is 2. The minimum Gasteiger partial charge on any atom is -0.378 e. The molecule has 2 amide bonds. The summed E-state index contributed by atoms with van der Waals surface area (Å²) in [6, 6.07) is 26.8. The van der Waals surface area contributed by atoms with Crippen molar-refractivity contribution in [3.8, 4) is 0 Å². The van der Waals surface area contributed by atoms with Gasteiger partial charge in [0.05, 0.1) is 18.0 Å². The van der Waals surface area contributed by atoms with Crippen LogP contribution in [0, 0.1) is 18.8 Å². The summed E-state index contributed by atoms with van der Waals surface area (Å²) in [5.74, 6) is 0.245. The molecule has 1 saturated heterocycles. The van der Waals surface area contributed by atoms with E-state index in [1.807, 2.05) is 31.2 Å². The summed E-state index contributed by atoms with van der Waals surface area (Å²) in [4.78, 5) is 29.4. The van der Waals surface area contributed by atoms with E-state index in [1.165, 1.54) is 11.1 Å². The number of rotatable bonds is 4. The molecule has 1 saturated carbocycles. The van der Waals surface area contributed by atoms with Crippen LogP contribution in [-0.4, -0.2) is 29.3 Å². The molecule has 5 atom stereocenters. The van der Waals surface area contributed by atoms with Crippen molar-refractivity contribution in [2.45, 2.75) is 57.2 Å². The van der Waals surface area contributed by atoms with Crippen molar-refractivity contribution in [3.63, 3.8) is 0 Å². The van der Waals surface area contributed by atoms with Crippen molar-refractivity contribution in [2.24, 2.45) is 11.8 Å². The van der Waals surface area contributed by atoms with Crippen LogP contribution >= 0.6 is 0 Å². The summed E-state index contributed by atoms with van der Waals surface area (Å²) in [7, 11) is 0. The topological polar surface area (TPSA) is 61.4 Å². The largest absolute Gasteiger partial charge is 0.378 e. The highest BCUT2D eigenvalue weighted by molar-refractivity contribution is 5.95. The molecule has 37 heavy (non-hydrogen) atoms. The lowest BCUT2D eigenvalue weighted by Gasteiger charge is -2.42. The summed E-state index contributed by atoms with van der Waals surface area (Å²) in [5, 5.41) is 7.02. The van der Waals surface area contributed by atoms with Crippen LogP contribution < -0.4 is 10.6 Å². The van der Waals surface area contributed by atoms with Crippen LogP contribution in [0.15, 0.2) is 78.9 Å². The van der Waals surface area contributed by atoms with Crippen LogP contribution in [-0.2, 0) is 4.79 Å². The normalized spacial score (nSPS) is 26.5. The van der Waals surface area contributed by atoms with Crippen molar-refractivity contribution >= 4 is 17.5 Å². The lowest BCUT2D eigenvalue weighted by molar-refractivity contribution is -0.138. The van der Waals surface area contributed by atoms with Gasteiger partial charge in [-0.3, -0.25) is 9.59 Å². The quantitative estimate of drug-likeness (QED) is 0.466. The van der Waals surface area contributed by atoms with E-state index >= 15 is 0 Å². The molecule has 5 heteroatoms. The van der Waals surface area contributed by atoms with E-state index in [4.69, 9.17) is 0 Å². The first-order chi connectivity index (χ1) is 18.1. The van der Waals surface area contributed by atoms with Crippen LogP contribution in [0.2, 0.25) is 0 Å². The maximum Gasteiger partial charge on any atom is 0.251 e. The lowest BCUT2D eigenvalue weighted by Crippen LogP contribution is -2.50. The van der Waals surface area contributed by atoms with Gasteiger partial charge in [-0.1, -0.05) is 79.1 Å². The first-order valence-corrected chi connectivity index (χ1v) is 13.7. The van der Waals surface area contributed by atoms with Crippen LogP contribution in [0.4, 0.5) is 5.69 Å². The fourth-order valence-corrected chi connectivity index (χ4v) is 6.73. The number of nitrogens with zero attached hydrogens (tertiary/aromatic N) is 1. The number of nitrogens with one attached hydrogen (secondary N) is 2. The van der Waals surface area contributed by atoms with Gasteiger partial charge in [0.1, 0.15) is 0 Å². The third-order valence-electron chi connectivity index (χ3n) is 8.62. The van der Waals surface area contributed by atoms with Gasteiger partial charge >= 0.3 is 0 Å². The number of anilines is 1. The smallest absolute Gasteiger partial charge is 0.251 e. The van der Waals surface area contributed by atoms with Gasteiger partial charge in [0, 0.05) is 29.8 Å². The Morgan fingerprint density at radius 3 is 2.41 bits per heavy atom. The van der Waals surface area contributed by atoms with Crippen molar-refractivity contribution in [3.05, 3.63) is 101 Å². The molecular formula is C32H35N3O2. The zero-order valence-corrected chi connectivity index (χ0v) is 21.4. The Kier molecular flexibility index (Phi) is 6.45. The minimum absolute atomic E-state index is 0.0468. The predicted molar refractivity (Wildman–Crippen MR) is 146 cm³/mol. The van der Waals surface area contributed by atoms with Crippen LogP contribution in [0.3, 0.4) is 0 Å². The molecule has 2 N–H and O–H groups in total. The second-order valence-corrected chi connectivity index (χ2v) is 10.9. The number of likely N-dealkylation sites (tertiary alicyclic amines) is 1. The SMILES string of the molecule is Cc1ccc(C(=O)N[C@@H]2CCCC[C@@H]2C(=O)N2CC[C@H]3[C@H](c4ccccc4)Nc4ccccc4[C@@H]32)cc1. The summed E-state index contributed by atoms with van der Waals surface area (Å²) in [6.45, 7) is 2.77. The summed E-state index contributed by atoms with van der Waals surface area (Å²) >= 11 is 0. The molecule has 3 aromatic rings. The number of hydrogen-bond acceptors (Lipinski definition) is 3. The van der Waals surface area contributed by atoms with Crippen molar-refractivity contribution in [2.75, 3.05) is 11.9 Å². The molecule has 6 rings (SSSR count).